The van der Waals surface area contributed by atoms with Crippen molar-refractivity contribution in [2.75, 3.05) is 33.5 Å². The van der Waals surface area contributed by atoms with Crippen LogP contribution in [0.4, 0.5) is 0 Å². The first-order valence-corrected chi connectivity index (χ1v) is 6.98. The van der Waals surface area contributed by atoms with Crippen LogP contribution in [0.5, 0.6) is 0 Å². The molecule has 0 aliphatic carbocycles. The van der Waals surface area contributed by atoms with E-state index < -0.39 is 0 Å². The van der Waals surface area contributed by atoms with Crippen LogP contribution in [0.3, 0.4) is 0 Å². The summed E-state index contributed by atoms with van der Waals surface area (Å²) in [6.45, 7) is 8.04. The first-order valence-electron chi connectivity index (χ1n) is 6.98. The topological polar surface area (TPSA) is 61.2 Å². The van der Waals surface area contributed by atoms with Gasteiger partial charge in [0.25, 0.3) is 0 Å². The Labute approximate surface area is 115 Å². The zero-order valence-electron chi connectivity index (χ0n) is 12.3. The highest BCUT2D eigenvalue weighted by Gasteiger charge is 2.12. The number of ether oxygens (including phenoxy) is 2. The first kappa shape index (κ1) is 16.1. The highest BCUT2D eigenvalue weighted by Crippen LogP contribution is 2.03. The van der Waals surface area contributed by atoms with E-state index in [0.29, 0.717) is 19.3 Å². The number of likely N-dealkylation sites (N-methyl/N-ethyl adjacent to an activating group) is 1. The first-order chi connectivity index (χ1) is 9.31. The van der Waals surface area contributed by atoms with Crippen molar-refractivity contribution in [2.24, 2.45) is 0 Å². The maximum atomic E-state index is 5.52. The van der Waals surface area contributed by atoms with Gasteiger partial charge < -0.3 is 14.8 Å². The normalized spacial score (nSPS) is 12.8. The van der Waals surface area contributed by atoms with Crippen LogP contribution in [0.15, 0.2) is 6.33 Å². The minimum absolute atomic E-state index is 0.377. The molecule has 6 heteroatoms. The second kappa shape index (κ2) is 9.89. The Morgan fingerprint density at radius 2 is 2.16 bits per heavy atom. The van der Waals surface area contributed by atoms with Gasteiger partial charge in [0.2, 0.25) is 0 Å². The number of rotatable bonds is 11. The van der Waals surface area contributed by atoms with Gasteiger partial charge in [-0.2, -0.15) is 5.10 Å². The molecule has 0 amide bonds. The quantitative estimate of drug-likeness (QED) is 0.605. The molecule has 1 unspecified atom stereocenters. The molecule has 0 aliphatic rings. The van der Waals surface area contributed by atoms with Gasteiger partial charge in [0, 0.05) is 32.7 Å². The fourth-order valence-corrected chi connectivity index (χ4v) is 1.97. The third-order valence-corrected chi connectivity index (χ3v) is 2.96. The Hall–Kier alpha value is -0.980. The molecule has 1 atom stereocenters. The standard InChI is InChI=1S/C13H26N4O2/c1-4-14-12(6-7-19-9-8-18-3)10-13-15-11-16-17(13)5-2/h11-12,14H,4-10H2,1-3H3. The minimum Gasteiger partial charge on any atom is -0.382 e. The van der Waals surface area contributed by atoms with E-state index in [4.69, 9.17) is 9.47 Å². The van der Waals surface area contributed by atoms with Crippen LogP contribution >= 0.6 is 0 Å². The van der Waals surface area contributed by atoms with E-state index >= 15 is 0 Å². The van der Waals surface area contributed by atoms with Gasteiger partial charge >= 0.3 is 0 Å². The summed E-state index contributed by atoms with van der Waals surface area (Å²) in [5.74, 6) is 1.03. The summed E-state index contributed by atoms with van der Waals surface area (Å²) in [6.07, 6.45) is 3.47. The third-order valence-electron chi connectivity index (χ3n) is 2.96. The molecule has 0 radical (unpaired) electrons. The number of hydrogen-bond acceptors (Lipinski definition) is 5. The predicted molar refractivity (Wildman–Crippen MR) is 74.2 cm³/mol. The number of aryl methyl sites for hydroxylation is 1. The zero-order valence-corrected chi connectivity index (χ0v) is 12.3. The second-order valence-electron chi connectivity index (χ2n) is 4.34. The zero-order chi connectivity index (χ0) is 13.9. The number of nitrogens with one attached hydrogen (secondary N) is 1. The Kier molecular flexibility index (Phi) is 8.36. The smallest absolute Gasteiger partial charge is 0.138 e. The van der Waals surface area contributed by atoms with E-state index in [1.165, 1.54) is 0 Å². The van der Waals surface area contributed by atoms with Gasteiger partial charge in [0.05, 0.1) is 13.2 Å². The van der Waals surface area contributed by atoms with Crippen LogP contribution < -0.4 is 5.32 Å². The van der Waals surface area contributed by atoms with E-state index in [0.717, 1.165) is 38.4 Å². The van der Waals surface area contributed by atoms with Crippen molar-refractivity contribution in [3.63, 3.8) is 0 Å². The SMILES string of the molecule is CCNC(CCOCCOC)Cc1ncnn1CC. The summed E-state index contributed by atoms with van der Waals surface area (Å²) in [7, 11) is 1.68. The van der Waals surface area contributed by atoms with E-state index in [-0.39, 0.29) is 0 Å². The number of nitrogens with zero attached hydrogens (tertiary/aromatic N) is 3. The molecule has 0 saturated heterocycles. The van der Waals surface area contributed by atoms with Crippen LogP contribution in [0.1, 0.15) is 26.1 Å². The molecule has 19 heavy (non-hydrogen) atoms. The Morgan fingerprint density at radius 1 is 1.32 bits per heavy atom. The molecule has 1 N–H and O–H groups in total. The molecule has 1 aromatic rings. The predicted octanol–water partition coefficient (Wildman–Crippen LogP) is 0.872. The summed E-state index contributed by atoms with van der Waals surface area (Å²) in [5.41, 5.74) is 0. The van der Waals surface area contributed by atoms with Crippen molar-refractivity contribution < 1.29 is 9.47 Å². The molecule has 0 fully saturated rings. The van der Waals surface area contributed by atoms with Crippen LogP contribution in [0.25, 0.3) is 0 Å². The van der Waals surface area contributed by atoms with Crippen molar-refractivity contribution in [1.82, 2.24) is 20.1 Å². The number of aromatic nitrogens is 3. The van der Waals surface area contributed by atoms with Gasteiger partial charge in [-0.1, -0.05) is 6.92 Å². The summed E-state index contributed by atoms with van der Waals surface area (Å²) < 4.78 is 12.4. The average Bonchev–Trinajstić information content (AvgIpc) is 2.86. The van der Waals surface area contributed by atoms with E-state index in [1.54, 1.807) is 13.4 Å². The van der Waals surface area contributed by atoms with Gasteiger partial charge in [-0.05, 0) is 19.9 Å². The molecule has 110 valence electrons. The van der Waals surface area contributed by atoms with Crippen LogP contribution in [0.2, 0.25) is 0 Å². The van der Waals surface area contributed by atoms with Crippen molar-refractivity contribution >= 4 is 0 Å². The lowest BCUT2D eigenvalue weighted by Crippen LogP contribution is -2.33. The fourth-order valence-electron chi connectivity index (χ4n) is 1.97. The average molecular weight is 270 g/mol. The lowest BCUT2D eigenvalue weighted by Gasteiger charge is -2.17. The van der Waals surface area contributed by atoms with Crippen molar-refractivity contribution in [3.05, 3.63) is 12.2 Å². The Morgan fingerprint density at radius 3 is 2.84 bits per heavy atom. The fraction of sp³-hybridized carbons (Fsp3) is 0.846. The van der Waals surface area contributed by atoms with Gasteiger partial charge in [-0.3, -0.25) is 4.68 Å². The summed E-state index contributed by atoms with van der Waals surface area (Å²) in [5, 5.41) is 7.67. The third kappa shape index (κ3) is 6.13. The molecular formula is C13H26N4O2. The summed E-state index contributed by atoms with van der Waals surface area (Å²) >= 11 is 0. The van der Waals surface area contributed by atoms with Crippen LogP contribution in [-0.4, -0.2) is 54.3 Å². The van der Waals surface area contributed by atoms with E-state index in [1.807, 2.05) is 4.68 Å². The highest BCUT2D eigenvalue weighted by atomic mass is 16.5. The summed E-state index contributed by atoms with van der Waals surface area (Å²) in [6, 6.07) is 0.377. The molecule has 0 saturated carbocycles. The lowest BCUT2D eigenvalue weighted by molar-refractivity contribution is 0.0657. The largest absolute Gasteiger partial charge is 0.382 e. The maximum Gasteiger partial charge on any atom is 0.138 e. The highest BCUT2D eigenvalue weighted by molar-refractivity contribution is 4.89. The molecule has 1 rings (SSSR count). The van der Waals surface area contributed by atoms with Gasteiger partial charge in [-0.15, -0.1) is 0 Å². The van der Waals surface area contributed by atoms with Gasteiger partial charge in [-0.25, -0.2) is 4.98 Å². The second-order valence-corrected chi connectivity index (χ2v) is 4.34. The molecular weight excluding hydrogens is 244 g/mol. The minimum atomic E-state index is 0.377. The summed E-state index contributed by atoms with van der Waals surface area (Å²) in [4.78, 5) is 4.32. The van der Waals surface area contributed by atoms with E-state index in [9.17, 15) is 0 Å². The molecule has 1 aromatic heterocycles. The van der Waals surface area contributed by atoms with Gasteiger partial charge in [0.1, 0.15) is 12.2 Å². The van der Waals surface area contributed by atoms with Crippen LogP contribution in [0, 0.1) is 0 Å². The van der Waals surface area contributed by atoms with Gasteiger partial charge in [0.15, 0.2) is 0 Å². The number of hydrogen-bond donors (Lipinski definition) is 1. The number of methoxy groups -OCH3 is 1. The maximum absolute atomic E-state index is 5.52. The molecule has 0 bridgehead atoms. The Bertz CT molecular complexity index is 330. The van der Waals surface area contributed by atoms with Crippen molar-refractivity contribution in [1.29, 1.82) is 0 Å². The Balaban J connectivity index is 2.35. The molecule has 0 spiro atoms. The van der Waals surface area contributed by atoms with Crippen molar-refractivity contribution in [3.8, 4) is 0 Å². The van der Waals surface area contributed by atoms with Crippen LogP contribution in [-0.2, 0) is 22.4 Å². The lowest BCUT2D eigenvalue weighted by atomic mass is 10.1. The molecule has 0 aliphatic heterocycles. The van der Waals surface area contributed by atoms with Crippen molar-refractivity contribution in [2.45, 2.75) is 39.3 Å². The molecule has 1 heterocycles. The van der Waals surface area contributed by atoms with E-state index in [2.05, 4.69) is 29.2 Å². The molecule has 6 nitrogen and oxygen atoms in total. The monoisotopic (exact) mass is 270 g/mol. The molecule has 0 aromatic carbocycles.